The third-order valence-electron chi connectivity index (χ3n) is 2.46. The second-order valence-electron chi connectivity index (χ2n) is 3.40. The van der Waals surface area contributed by atoms with E-state index in [1.807, 2.05) is 30.7 Å². The Kier molecular flexibility index (Phi) is 1.36. The SMILES string of the molecule is Cc1cnc2ncc3ccc[nH]c3c12. The molecule has 3 aromatic rings. The number of hydrogen-bond donors (Lipinski definition) is 1. The maximum absolute atomic E-state index is 4.30. The van der Waals surface area contributed by atoms with Crippen molar-refractivity contribution in [2.24, 2.45) is 0 Å². The van der Waals surface area contributed by atoms with Gasteiger partial charge in [0, 0.05) is 29.4 Å². The number of aryl methyl sites for hydroxylation is 1. The molecule has 0 unspecified atom stereocenters. The summed E-state index contributed by atoms with van der Waals surface area (Å²) in [5, 5.41) is 2.25. The molecule has 0 bridgehead atoms. The summed E-state index contributed by atoms with van der Waals surface area (Å²) in [4.78, 5) is 11.8. The lowest BCUT2D eigenvalue weighted by Gasteiger charge is -1.99. The second-order valence-corrected chi connectivity index (χ2v) is 3.40. The summed E-state index contributed by atoms with van der Waals surface area (Å²) in [6.07, 6.45) is 5.63. The van der Waals surface area contributed by atoms with Crippen molar-refractivity contribution < 1.29 is 0 Å². The predicted octanol–water partition coefficient (Wildman–Crippen LogP) is 2.42. The van der Waals surface area contributed by atoms with Crippen LogP contribution in [0, 0.1) is 6.92 Å². The van der Waals surface area contributed by atoms with Crippen molar-refractivity contribution in [2.75, 3.05) is 0 Å². The molecule has 0 saturated carbocycles. The number of nitrogens with one attached hydrogen (secondary N) is 1. The molecule has 1 N–H and O–H groups in total. The van der Waals surface area contributed by atoms with Crippen LogP contribution in [-0.4, -0.2) is 15.0 Å². The average molecular weight is 183 g/mol. The zero-order valence-electron chi connectivity index (χ0n) is 7.78. The van der Waals surface area contributed by atoms with Crippen molar-refractivity contribution in [3.8, 4) is 0 Å². The Balaban J connectivity index is 2.65. The van der Waals surface area contributed by atoms with E-state index in [1.165, 1.54) is 5.56 Å². The lowest BCUT2D eigenvalue weighted by Crippen LogP contribution is -1.83. The van der Waals surface area contributed by atoms with Gasteiger partial charge in [-0.2, -0.15) is 0 Å². The Morgan fingerprint density at radius 3 is 3.00 bits per heavy atom. The van der Waals surface area contributed by atoms with Gasteiger partial charge in [-0.1, -0.05) is 0 Å². The van der Waals surface area contributed by atoms with Crippen molar-refractivity contribution in [3.63, 3.8) is 0 Å². The zero-order valence-corrected chi connectivity index (χ0v) is 7.78. The van der Waals surface area contributed by atoms with Crippen LogP contribution < -0.4 is 0 Å². The molecule has 0 saturated heterocycles. The third-order valence-corrected chi connectivity index (χ3v) is 2.46. The molecule has 0 radical (unpaired) electrons. The summed E-state index contributed by atoms with van der Waals surface area (Å²) in [6.45, 7) is 2.05. The summed E-state index contributed by atoms with van der Waals surface area (Å²) >= 11 is 0. The summed E-state index contributed by atoms with van der Waals surface area (Å²) in [7, 11) is 0. The van der Waals surface area contributed by atoms with Crippen LogP contribution in [0.15, 0.2) is 30.7 Å². The molecule has 0 amide bonds. The van der Waals surface area contributed by atoms with E-state index in [0.717, 1.165) is 21.9 Å². The predicted molar refractivity (Wildman–Crippen MR) is 56.1 cm³/mol. The van der Waals surface area contributed by atoms with E-state index >= 15 is 0 Å². The number of hydrogen-bond acceptors (Lipinski definition) is 2. The van der Waals surface area contributed by atoms with Gasteiger partial charge in [0.05, 0.1) is 5.52 Å². The molecule has 14 heavy (non-hydrogen) atoms. The molecule has 3 aromatic heterocycles. The zero-order chi connectivity index (χ0) is 9.54. The fourth-order valence-corrected chi connectivity index (χ4v) is 1.77. The largest absolute Gasteiger partial charge is 0.361 e. The van der Waals surface area contributed by atoms with Crippen molar-refractivity contribution in [1.29, 1.82) is 0 Å². The molecule has 3 nitrogen and oxygen atoms in total. The normalized spacial score (nSPS) is 11.2. The number of fused-ring (bicyclic) bond motifs is 3. The van der Waals surface area contributed by atoms with E-state index < -0.39 is 0 Å². The highest BCUT2D eigenvalue weighted by atomic mass is 14.8. The molecule has 0 atom stereocenters. The van der Waals surface area contributed by atoms with E-state index in [0.29, 0.717) is 0 Å². The average Bonchev–Trinajstić information content (AvgIpc) is 2.61. The standard InChI is InChI=1S/C11H9N3/c1-7-5-13-11-9(7)10-8(6-14-11)3-2-4-12-10/h2-6,12H,1H3. The Morgan fingerprint density at radius 1 is 1.21 bits per heavy atom. The van der Waals surface area contributed by atoms with Crippen LogP contribution in [0.5, 0.6) is 0 Å². The van der Waals surface area contributed by atoms with Crippen LogP contribution in [0.25, 0.3) is 21.9 Å². The molecular formula is C11H9N3. The first-order valence-electron chi connectivity index (χ1n) is 4.53. The van der Waals surface area contributed by atoms with Gasteiger partial charge in [0.2, 0.25) is 0 Å². The molecular weight excluding hydrogens is 174 g/mol. The van der Waals surface area contributed by atoms with Gasteiger partial charge in [-0.05, 0) is 24.6 Å². The fraction of sp³-hybridized carbons (Fsp3) is 0.0909. The summed E-state index contributed by atoms with van der Waals surface area (Å²) in [5.41, 5.74) is 3.10. The quantitative estimate of drug-likeness (QED) is 0.581. The minimum atomic E-state index is 0.817. The van der Waals surface area contributed by atoms with Gasteiger partial charge in [-0.3, -0.25) is 0 Å². The minimum Gasteiger partial charge on any atom is -0.361 e. The van der Waals surface area contributed by atoms with E-state index in [4.69, 9.17) is 0 Å². The first-order valence-corrected chi connectivity index (χ1v) is 4.53. The van der Waals surface area contributed by atoms with Crippen LogP contribution in [0.2, 0.25) is 0 Å². The Bertz CT molecular complexity index is 610. The summed E-state index contributed by atoms with van der Waals surface area (Å²) in [6, 6.07) is 4.02. The monoisotopic (exact) mass is 183 g/mol. The topological polar surface area (TPSA) is 41.6 Å². The summed E-state index contributed by atoms with van der Waals surface area (Å²) < 4.78 is 0. The van der Waals surface area contributed by atoms with Gasteiger partial charge >= 0.3 is 0 Å². The molecule has 3 heteroatoms. The maximum atomic E-state index is 4.30. The Morgan fingerprint density at radius 2 is 2.07 bits per heavy atom. The fourth-order valence-electron chi connectivity index (χ4n) is 1.77. The molecule has 3 rings (SSSR count). The van der Waals surface area contributed by atoms with Crippen LogP contribution in [0.3, 0.4) is 0 Å². The van der Waals surface area contributed by atoms with Crippen LogP contribution in [0.1, 0.15) is 5.56 Å². The molecule has 0 aliphatic carbocycles. The number of rotatable bonds is 0. The second kappa shape index (κ2) is 2.54. The van der Waals surface area contributed by atoms with Crippen LogP contribution in [-0.2, 0) is 0 Å². The molecule has 0 aliphatic heterocycles. The highest BCUT2D eigenvalue weighted by Crippen LogP contribution is 2.23. The molecule has 0 spiro atoms. The van der Waals surface area contributed by atoms with Gasteiger partial charge in [-0.15, -0.1) is 0 Å². The van der Waals surface area contributed by atoms with Gasteiger partial charge < -0.3 is 4.98 Å². The van der Waals surface area contributed by atoms with Gasteiger partial charge in [0.25, 0.3) is 0 Å². The maximum Gasteiger partial charge on any atom is 0.161 e. The van der Waals surface area contributed by atoms with Crippen molar-refractivity contribution in [1.82, 2.24) is 15.0 Å². The molecule has 3 heterocycles. The first kappa shape index (κ1) is 7.50. The molecule has 0 aromatic carbocycles. The van der Waals surface area contributed by atoms with Crippen LogP contribution >= 0.6 is 0 Å². The first-order chi connectivity index (χ1) is 6.86. The van der Waals surface area contributed by atoms with Gasteiger partial charge in [0.15, 0.2) is 5.65 Å². The number of aromatic amines is 1. The van der Waals surface area contributed by atoms with Gasteiger partial charge in [-0.25, -0.2) is 9.97 Å². The third kappa shape index (κ3) is 0.865. The number of aromatic nitrogens is 3. The Labute approximate surface area is 80.8 Å². The van der Waals surface area contributed by atoms with Crippen molar-refractivity contribution in [3.05, 3.63) is 36.3 Å². The number of H-pyrrole nitrogens is 1. The van der Waals surface area contributed by atoms with Crippen molar-refractivity contribution >= 4 is 21.9 Å². The molecule has 0 fully saturated rings. The lowest BCUT2D eigenvalue weighted by atomic mass is 10.2. The summed E-state index contributed by atoms with van der Waals surface area (Å²) in [5.74, 6) is 0. The number of nitrogens with zero attached hydrogens (tertiary/aromatic N) is 2. The van der Waals surface area contributed by atoms with Crippen molar-refractivity contribution in [2.45, 2.75) is 6.92 Å². The minimum absolute atomic E-state index is 0.817. The Hall–Kier alpha value is -1.90. The lowest BCUT2D eigenvalue weighted by molar-refractivity contribution is 1.32. The van der Waals surface area contributed by atoms with Crippen LogP contribution in [0.4, 0.5) is 0 Å². The smallest absolute Gasteiger partial charge is 0.161 e. The highest BCUT2D eigenvalue weighted by Gasteiger charge is 2.06. The van der Waals surface area contributed by atoms with Gasteiger partial charge in [0.1, 0.15) is 0 Å². The molecule has 0 aliphatic rings. The van der Waals surface area contributed by atoms with E-state index in [2.05, 4.69) is 21.9 Å². The molecule has 68 valence electrons. The van der Waals surface area contributed by atoms with E-state index in [9.17, 15) is 0 Å². The van der Waals surface area contributed by atoms with E-state index in [1.54, 1.807) is 0 Å². The van der Waals surface area contributed by atoms with E-state index in [-0.39, 0.29) is 0 Å². The number of pyridine rings is 2. The highest BCUT2D eigenvalue weighted by molar-refractivity contribution is 6.03.